The number of phenols is 1. The lowest BCUT2D eigenvalue weighted by Gasteiger charge is -2.19. The van der Waals surface area contributed by atoms with Gasteiger partial charge < -0.3 is 19.7 Å². The Morgan fingerprint density at radius 1 is 1.08 bits per heavy atom. The molecule has 0 radical (unpaired) electrons. The number of aromatic hydroxyl groups is 1. The van der Waals surface area contributed by atoms with Gasteiger partial charge in [0.15, 0.2) is 17.2 Å². The van der Waals surface area contributed by atoms with E-state index in [1.807, 2.05) is 0 Å². The quantitative estimate of drug-likeness (QED) is 0.716. The zero-order valence-corrected chi connectivity index (χ0v) is 13.0. The fraction of sp³-hybridized carbons (Fsp3) is 0.133. The smallest absolute Gasteiger partial charge is 0.339 e. The van der Waals surface area contributed by atoms with Gasteiger partial charge in [-0.05, 0) is 24.3 Å². The summed E-state index contributed by atoms with van der Waals surface area (Å²) in [4.78, 5) is 10.9. The summed E-state index contributed by atoms with van der Waals surface area (Å²) in [6, 6.07) is 7.85. The summed E-state index contributed by atoms with van der Waals surface area (Å²) in [5.41, 5.74) is -0.637. The highest BCUT2D eigenvalue weighted by atomic mass is 32.2. The van der Waals surface area contributed by atoms with Crippen molar-refractivity contribution in [3.05, 3.63) is 42.0 Å². The first kappa shape index (κ1) is 15.9. The van der Waals surface area contributed by atoms with E-state index in [-0.39, 0.29) is 10.6 Å². The molecule has 3 N–H and O–H groups in total. The van der Waals surface area contributed by atoms with E-state index in [4.69, 9.17) is 14.6 Å². The zero-order chi connectivity index (χ0) is 17.3. The minimum Gasteiger partial charge on any atom is -0.505 e. The number of benzene rings is 2. The summed E-state index contributed by atoms with van der Waals surface area (Å²) in [6.45, 7) is 0.693. The molecule has 2 aromatic rings. The minimum atomic E-state index is -4.05. The molecule has 0 bridgehead atoms. The Balaban J connectivity index is 1.95. The van der Waals surface area contributed by atoms with Gasteiger partial charge in [-0.15, -0.1) is 0 Å². The zero-order valence-electron chi connectivity index (χ0n) is 12.2. The number of ether oxygens (including phenoxy) is 2. The van der Waals surface area contributed by atoms with Crippen LogP contribution in [-0.2, 0) is 10.0 Å². The van der Waals surface area contributed by atoms with Crippen molar-refractivity contribution in [2.45, 2.75) is 4.90 Å². The maximum atomic E-state index is 12.5. The molecule has 0 amide bonds. The second-order valence-corrected chi connectivity index (χ2v) is 6.60. The van der Waals surface area contributed by atoms with Crippen LogP contribution in [0, 0.1) is 0 Å². The lowest BCUT2D eigenvalue weighted by Crippen LogP contribution is -2.17. The number of nitrogens with one attached hydrogen (secondary N) is 1. The van der Waals surface area contributed by atoms with Crippen LogP contribution >= 0.6 is 0 Å². The SMILES string of the molecule is O=C(O)c1cccc(NS(=O)(=O)c2ccc3c(c2)OCCO3)c1O. The molecular formula is C15H13NO7S. The molecule has 0 atom stereocenters. The van der Waals surface area contributed by atoms with Crippen LogP contribution in [0.3, 0.4) is 0 Å². The number of anilines is 1. The molecule has 24 heavy (non-hydrogen) atoms. The maximum Gasteiger partial charge on any atom is 0.339 e. The second-order valence-electron chi connectivity index (χ2n) is 4.92. The molecule has 0 saturated heterocycles. The van der Waals surface area contributed by atoms with E-state index < -0.39 is 27.3 Å². The van der Waals surface area contributed by atoms with Gasteiger partial charge in [0.05, 0.1) is 10.6 Å². The number of carboxylic acids is 1. The molecule has 2 aromatic carbocycles. The highest BCUT2D eigenvalue weighted by Crippen LogP contribution is 2.34. The van der Waals surface area contributed by atoms with Crippen LogP contribution in [0.15, 0.2) is 41.3 Å². The first-order chi connectivity index (χ1) is 11.4. The number of para-hydroxylation sites is 1. The van der Waals surface area contributed by atoms with Crippen LogP contribution in [0.1, 0.15) is 10.4 Å². The largest absolute Gasteiger partial charge is 0.505 e. The molecule has 0 spiro atoms. The van der Waals surface area contributed by atoms with Gasteiger partial charge in [-0.25, -0.2) is 13.2 Å². The molecule has 0 saturated carbocycles. The fourth-order valence-electron chi connectivity index (χ4n) is 2.19. The van der Waals surface area contributed by atoms with Crippen LogP contribution in [0.2, 0.25) is 0 Å². The summed E-state index contributed by atoms with van der Waals surface area (Å²) < 4.78 is 37.7. The summed E-state index contributed by atoms with van der Waals surface area (Å²) in [5, 5.41) is 18.9. The Bertz CT molecular complexity index is 908. The van der Waals surface area contributed by atoms with Crippen molar-refractivity contribution in [2.24, 2.45) is 0 Å². The Hall–Kier alpha value is -2.94. The molecule has 3 rings (SSSR count). The highest BCUT2D eigenvalue weighted by molar-refractivity contribution is 7.92. The first-order valence-electron chi connectivity index (χ1n) is 6.86. The van der Waals surface area contributed by atoms with Crippen molar-refractivity contribution in [1.29, 1.82) is 0 Å². The topological polar surface area (TPSA) is 122 Å². The van der Waals surface area contributed by atoms with Crippen molar-refractivity contribution in [3.8, 4) is 17.2 Å². The van der Waals surface area contributed by atoms with Crippen molar-refractivity contribution < 1.29 is 32.9 Å². The molecule has 1 aliphatic heterocycles. The molecule has 0 aromatic heterocycles. The van der Waals surface area contributed by atoms with Gasteiger partial charge in [-0.1, -0.05) is 6.07 Å². The third kappa shape index (κ3) is 2.93. The van der Waals surface area contributed by atoms with Crippen molar-refractivity contribution in [1.82, 2.24) is 0 Å². The van der Waals surface area contributed by atoms with Gasteiger partial charge in [0, 0.05) is 6.07 Å². The summed E-state index contributed by atoms with van der Waals surface area (Å²) in [7, 11) is -4.05. The van der Waals surface area contributed by atoms with Gasteiger partial charge in [0.2, 0.25) is 0 Å². The van der Waals surface area contributed by atoms with E-state index in [1.165, 1.54) is 36.4 Å². The standard InChI is InChI=1S/C15H13NO7S/c17-14-10(15(18)19)2-1-3-11(14)16-24(20,21)9-4-5-12-13(8-9)23-7-6-22-12/h1-5,8,16-17H,6-7H2,(H,18,19). The number of aromatic carboxylic acids is 1. The van der Waals surface area contributed by atoms with Gasteiger partial charge in [0.1, 0.15) is 18.8 Å². The third-order valence-electron chi connectivity index (χ3n) is 3.33. The minimum absolute atomic E-state index is 0.105. The Labute approximate surface area is 137 Å². The number of fused-ring (bicyclic) bond motifs is 1. The van der Waals surface area contributed by atoms with E-state index in [0.29, 0.717) is 24.7 Å². The monoisotopic (exact) mass is 351 g/mol. The van der Waals surface area contributed by atoms with Gasteiger partial charge in [-0.2, -0.15) is 0 Å². The maximum absolute atomic E-state index is 12.5. The van der Waals surface area contributed by atoms with Crippen molar-refractivity contribution >= 4 is 21.7 Å². The molecule has 1 heterocycles. The number of sulfonamides is 1. The molecule has 8 nitrogen and oxygen atoms in total. The Morgan fingerprint density at radius 2 is 1.79 bits per heavy atom. The molecule has 9 heteroatoms. The molecule has 0 fully saturated rings. The van der Waals surface area contributed by atoms with Crippen molar-refractivity contribution in [3.63, 3.8) is 0 Å². The van der Waals surface area contributed by atoms with Crippen LogP contribution in [-0.4, -0.2) is 37.8 Å². The molecule has 0 unspecified atom stereocenters. The summed E-state index contributed by atoms with van der Waals surface area (Å²) in [6.07, 6.45) is 0. The second kappa shape index (κ2) is 5.93. The normalized spacial score (nSPS) is 13.3. The number of carbonyl (C=O) groups is 1. The first-order valence-corrected chi connectivity index (χ1v) is 8.34. The average Bonchev–Trinajstić information content (AvgIpc) is 2.56. The lowest BCUT2D eigenvalue weighted by atomic mass is 10.2. The van der Waals surface area contributed by atoms with Crippen LogP contribution in [0.4, 0.5) is 5.69 Å². The van der Waals surface area contributed by atoms with E-state index in [1.54, 1.807) is 0 Å². The van der Waals surface area contributed by atoms with Gasteiger partial charge in [0.25, 0.3) is 10.0 Å². The number of hydrogen-bond donors (Lipinski definition) is 3. The average molecular weight is 351 g/mol. The van der Waals surface area contributed by atoms with Crippen LogP contribution in [0.25, 0.3) is 0 Å². The van der Waals surface area contributed by atoms with Gasteiger partial charge >= 0.3 is 5.97 Å². The molecule has 1 aliphatic rings. The van der Waals surface area contributed by atoms with Crippen molar-refractivity contribution in [2.75, 3.05) is 17.9 Å². The highest BCUT2D eigenvalue weighted by Gasteiger charge is 2.22. The van der Waals surface area contributed by atoms with Gasteiger partial charge in [-0.3, -0.25) is 4.72 Å². The lowest BCUT2D eigenvalue weighted by molar-refractivity contribution is 0.0694. The van der Waals surface area contributed by atoms with E-state index >= 15 is 0 Å². The van der Waals surface area contributed by atoms with E-state index in [9.17, 15) is 18.3 Å². The molecule has 126 valence electrons. The number of hydrogen-bond acceptors (Lipinski definition) is 6. The van der Waals surface area contributed by atoms with Crippen LogP contribution in [0.5, 0.6) is 17.2 Å². The van der Waals surface area contributed by atoms with Crippen LogP contribution < -0.4 is 14.2 Å². The predicted molar refractivity (Wildman–Crippen MR) is 83.3 cm³/mol. The summed E-state index contributed by atoms with van der Waals surface area (Å²) in [5.74, 6) is -1.29. The molecular weight excluding hydrogens is 338 g/mol. The predicted octanol–water partition coefficient (Wildman–Crippen LogP) is 1.66. The number of carboxylic acid groups (broad SMARTS) is 1. The van der Waals surface area contributed by atoms with E-state index in [0.717, 1.165) is 0 Å². The Kier molecular flexibility index (Phi) is 3.94. The molecule has 0 aliphatic carbocycles. The number of rotatable bonds is 4. The van der Waals surface area contributed by atoms with E-state index in [2.05, 4.69) is 4.72 Å². The fourth-order valence-corrected chi connectivity index (χ4v) is 3.27. The Morgan fingerprint density at radius 3 is 2.50 bits per heavy atom. The third-order valence-corrected chi connectivity index (χ3v) is 4.70. The summed E-state index contributed by atoms with van der Waals surface area (Å²) >= 11 is 0.